The van der Waals surface area contributed by atoms with Crippen LogP contribution in [0.4, 0.5) is 11.4 Å². The summed E-state index contributed by atoms with van der Waals surface area (Å²) in [6.45, 7) is 5.90. The van der Waals surface area contributed by atoms with Gasteiger partial charge in [-0.25, -0.2) is 0 Å². The summed E-state index contributed by atoms with van der Waals surface area (Å²) in [4.78, 5) is 12.7. The lowest BCUT2D eigenvalue weighted by atomic mass is 10.0. The molecular formula is C16H20N2OS. The zero-order chi connectivity index (χ0) is 14.7. The SMILES string of the molecule is CC(=O)c1ccc(NC(c2cccs2)C(C)C)cc1N. The Morgan fingerprint density at radius 2 is 2.05 bits per heavy atom. The van der Waals surface area contributed by atoms with E-state index in [0.717, 1.165) is 5.69 Å². The summed E-state index contributed by atoms with van der Waals surface area (Å²) < 4.78 is 0. The Hall–Kier alpha value is -1.81. The lowest BCUT2D eigenvalue weighted by molar-refractivity contribution is 0.101. The largest absolute Gasteiger partial charge is 0.398 e. The molecule has 0 saturated carbocycles. The molecule has 1 atom stereocenters. The highest BCUT2D eigenvalue weighted by atomic mass is 32.1. The fourth-order valence-electron chi connectivity index (χ4n) is 2.19. The highest BCUT2D eigenvalue weighted by molar-refractivity contribution is 7.10. The van der Waals surface area contributed by atoms with E-state index >= 15 is 0 Å². The van der Waals surface area contributed by atoms with Crippen LogP contribution in [-0.2, 0) is 0 Å². The smallest absolute Gasteiger partial charge is 0.161 e. The molecule has 0 spiro atoms. The Bertz CT molecular complexity index is 591. The first-order chi connectivity index (χ1) is 9.49. The van der Waals surface area contributed by atoms with Gasteiger partial charge in [0.15, 0.2) is 5.78 Å². The molecule has 0 bridgehead atoms. The summed E-state index contributed by atoms with van der Waals surface area (Å²) in [7, 11) is 0. The molecule has 0 saturated heterocycles. The van der Waals surface area contributed by atoms with Gasteiger partial charge in [-0.05, 0) is 42.5 Å². The van der Waals surface area contributed by atoms with Gasteiger partial charge in [-0.1, -0.05) is 19.9 Å². The topological polar surface area (TPSA) is 55.1 Å². The molecule has 2 rings (SSSR count). The van der Waals surface area contributed by atoms with E-state index in [9.17, 15) is 4.79 Å². The van der Waals surface area contributed by atoms with Crippen LogP contribution in [0.5, 0.6) is 0 Å². The quantitative estimate of drug-likeness (QED) is 0.635. The Morgan fingerprint density at radius 1 is 1.30 bits per heavy atom. The lowest BCUT2D eigenvalue weighted by Gasteiger charge is -2.23. The van der Waals surface area contributed by atoms with E-state index in [-0.39, 0.29) is 11.8 Å². The number of benzene rings is 1. The van der Waals surface area contributed by atoms with Crippen molar-refractivity contribution < 1.29 is 4.79 Å². The molecule has 0 radical (unpaired) electrons. The molecule has 0 aliphatic carbocycles. The second-order valence-electron chi connectivity index (χ2n) is 5.24. The van der Waals surface area contributed by atoms with Crippen LogP contribution in [0.3, 0.4) is 0 Å². The summed E-state index contributed by atoms with van der Waals surface area (Å²) in [5.41, 5.74) is 7.98. The molecule has 3 N–H and O–H groups in total. The number of ketones is 1. The number of carbonyl (C=O) groups is 1. The molecule has 106 valence electrons. The van der Waals surface area contributed by atoms with Gasteiger partial charge in [0.1, 0.15) is 0 Å². The van der Waals surface area contributed by atoms with Gasteiger partial charge >= 0.3 is 0 Å². The van der Waals surface area contributed by atoms with Gasteiger partial charge < -0.3 is 11.1 Å². The maximum Gasteiger partial charge on any atom is 0.161 e. The van der Waals surface area contributed by atoms with E-state index in [1.165, 1.54) is 11.8 Å². The summed E-state index contributed by atoms with van der Waals surface area (Å²) in [6.07, 6.45) is 0. The normalized spacial score (nSPS) is 12.4. The molecule has 1 aromatic carbocycles. The molecule has 0 amide bonds. The van der Waals surface area contributed by atoms with E-state index in [0.29, 0.717) is 17.2 Å². The first kappa shape index (κ1) is 14.6. The molecule has 1 heterocycles. The number of hydrogen-bond donors (Lipinski definition) is 2. The van der Waals surface area contributed by atoms with E-state index in [1.54, 1.807) is 17.4 Å². The van der Waals surface area contributed by atoms with Gasteiger partial charge in [0.25, 0.3) is 0 Å². The Morgan fingerprint density at radius 3 is 2.55 bits per heavy atom. The number of rotatable bonds is 5. The van der Waals surface area contributed by atoms with Crippen LogP contribution < -0.4 is 11.1 Å². The van der Waals surface area contributed by atoms with Crippen LogP contribution in [-0.4, -0.2) is 5.78 Å². The molecule has 1 aromatic heterocycles. The van der Waals surface area contributed by atoms with Crippen molar-refractivity contribution in [1.82, 2.24) is 0 Å². The van der Waals surface area contributed by atoms with Crippen molar-refractivity contribution in [2.45, 2.75) is 26.8 Å². The predicted octanol–water partition coefficient (Wildman–Crippen LogP) is 4.34. The zero-order valence-corrected chi connectivity index (χ0v) is 12.8. The van der Waals surface area contributed by atoms with Crippen LogP contribution in [0.25, 0.3) is 0 Å². The third kappa shape index (κ3) is 3.20. The molecule has 4 heteroatoms. The van der Waals surface area contributed by atoms with Gasteiger partial charge in [0.2, 0.25) is 0 Å². The maximum absolute atomic E-state index is 11.4. The minimum absolute atomic E-state index is 0.00674. The van der Waals surface area contributed by atoms with Crippen molar-refractivity contribution in [3.8, 4) is 0 Å². The molecule has 1 unspecified atom stereocenters. The van der Waals surface area contributed by atoms with E-state index in [1.807, 2.05) is 12.1 Å². The van der Waals surface area contributed by atoms with Crippen molar-refractivity contribution in [2.75, 3.05) is 11.1 Å². The first-order valence-corrected chi connectivity index (χ1v) is 7.57. The summed E-state index contributed by atoms with van der Waals surface area (Å²) in [6, 6.07) is 9.97. The van der Waals surface area contributed by atoms with Crippen molar-refractivity contribution in [1.29, 1.82) is 0 Å². The summed E-state index contributed by atoms with van der Waals surface area (Å²) >= 11 is 1.74. The average Bonchev–Trinajstić information content (AvgIpc) is 2.88. The molecule has 20 heavy (non-hydrogen) atoms. The Balaban J connectivity index is 2.24. The number of nitrogens with two attached hydrogens (primary N) is 1. The molecule has 3 nitrogen and oxygen atoms in total. The summed E-state index contributed by atoms with van der Waals surface area (Å²) in [5, 5.41) is 5.59. The highest BCUT2D eigenvalue weighted by Crippen LogP contribution is 2.30. The number of thiophene rings is 1. The molecule has 0 aliphatic heterocycles. The number of nitrogen functional groups attached to an aromatic ring is 1. The molecule has 0 aliphatic rings. The van der Waals surface area contributed by atoms with Crippen LogP contribution >= 0.6 is 11.3 Å². The summed E-state index contributed by atoms with van der Waals surface area (Å²) in [5.74, 6) is 0.454. The fourth-order valence-corrected chi connectivity index (χ4v) is 3.14. The minimum atomic E-state index is -0.00674. The minimum Gasteiger partial charge on any atom is -0.398 e. The van der Waals surface area contributed by atoms with Crippen LogP contribution in [0.2, 0.25) is 0 Å². The Kier molecular flexibility index (Phi) is 4.45. The van der Waals surface area contributed by atoms with Crippen LogP contribution in [0.1, 0.15) is 42.0 Å². The number of nitrogens with one attached hydrogen (secondary N) is 1. The first-order valence-electron chi connectivity index (χ1n) is 6.69. The maximum atomic E-state index is 11.4. The van der Waals surface area contributed by atoms with Crippen molar-refractivity contribution in [3.63, 3.8) is 0 Å². The van der Waals surface area contributed by atoms with Gasteiger partial charge in [-0.15, -0.1) is 11.3 Å². The molecule has 2 aromatic rings. The second-order valence-corrected chi connectivity index (χ2v) is 6.22. The van der Waals surface area contributed by atoms with Crippen molar-refractivity contribution in [3.05, 3.63) is 46.2 Å². The van der Waals surface area contributed by atoms with Crippen molar-refractivity contribution >= 4 is 28.5 Å². The van der Waals surface area contributed by atoms with Gasteiger partial charge in [0.05, 0.1) is 6.04 Å². The standard InChI is InChI=1S/C16H20N2OS/c1-10(2)16(15-5-4-8-20-15)18-12-6-7-13(11(3)19)14(17)9-12/h4-10,16,18H,17H2,1-3H3. The number of Topliss-reactive ketones (excluding diaryl/α,β-unsaturated/α-hetero) is 1. The highest BCUT2D eigenvalue weighted by Gasteiger charge is 2.17. The average molecular weight is 288 g/mol. The zero-order valence-electron chi connectivity index (χ0n) is 12.0. The Labute approximate surface area is 123 Å². The third-order valence-corrected chi connectivity index (χ3v) is 4.22. The van der Waals surface area contributed by atoms with Crippen molar-refractivity contribution in [2.24, 2.45) is 5.92 Å². The third-order valence-electron chi connectivity index (χ3n) is 3.27. The monoisotopic (exact) mass is 288 g/mol. The number of carbonyl (C=O) groups excluding carboxylic acids is 1. The van der Waals surface area contributed by atoms with Crippen LogP contribution in [0.15, 0.2) is 35.7 Å². The lowest BCUT2D eigenvalue weighted by Crippen LogP contribution is -2.16. The number of hydrogen-bond acceptors (Lipinski definition) is 4. The fraction of sp³-hybridized carbons (Fsp3) is 0.312. The van der Waals surface area contributed by atoms with E-state index in [2.05, 4.69) is 36.7 Å². The van der Waals surface area contributed by atoms with Crippen LogP contribution in [0, 0.1) is 5.92 Å². The second kappa shape index (κ2) is 6.09. The van der Waals surface area contributed by atoms with Gasteiger partial charge in [0, 0.05) is 21.8 Å². The molecule has 0 fully saturated rings. The van der Waals surface area contributed by atoms with Gasteiger partial charge in [-0.3, -0.25) is 4.79 Å². The number of anilines is 2. The molecular weight excluding hydrogens is 268 g/mol. The predicted molar refractivity (Wildman–Crippen MR) is 86.4 cm³/mol. The van der Waals surface area contributed by atoms with E-state index < -0.39 is 0 Å². The van der Waals surface area contributed by atoms with E-state index in [4.69, 9.17) is 5.73 Å². The van der Waals surface area contributed by atoms with Gasteiger partial charge in [-0.2, -0.15) is 0 Å².